The number of benzene rings is 3. The van der Waals surface area contributed by atoms with Gasteiger partial charge >= 0.3 is 12.7 Å². The Morgan fingerprint density at radius 3 is 2.08 bits per heavy atom. The first kappa shape index (κ1) is 28.0. The summed E-state index contributed by atoms with van der Waals surface area (Å²) in [6.45, 7) is -1.69. The van der Waals surface area contributed by atoms with Crippen molar-refractivity contribution in [2.24, 2.45) is 0 Å². The van der Waals surface area contributed by atoms with Gasteiger partial charge in [-0.1, -0.05) is 31.9 Å². The van der Waals surface area contributed by atoms with E-state index < -0.39 is 75.7 Å². The Balaban J connectivity index is 2.01. The maximum Gasteiger partial charge on any atom is 0.432 e. The first-order valence-corrected chi connectivity index (χ1v) is 10.8. The molecule has 0 heterocycles. The maximum absolute atomic E-state index is 15.2. The smallest absolute Gasteiger partial charge is 0.429 e. The molecule has 0 unspecified atom stereocenters. The molecule has 3 nitrogen and oxygen atoms in total. The molecule has 0 fully saturated rings. The first-order chi connectivity index (χ1) is 17.4. The van der Waals surface area contributed by atoms with Crippen LogP contribution in [0.3, 0.4) is 0 Å². The lowest BCUT2D eigenvalue weighted by atomic mass is 9.97. The summed E-state index contributed by atoms with van der Waals surface area (Å²) in [5.74, 6) is -13.5. The van der Waals surface area contributed by atoms with Crippen molar-refractivity contribution in [2.45, 2.75) is 45.3 Å². The van der Waals surface area contributed by atoms with Gasteiger partial charge < -0.3 is 9.47 Å². The van der Waals surface area contributed by atoms with E-state index in [4.69, 9.17) is 0 Å². The van der Waals surface area contributed by atoms with Crippen molar-refractivity contribution in [2.75, 3.05) is 0 Å². The van der Waals surface area contributed by atoms with Gasteiger partial charge in [0.05, 0.1) is 5.56 Å². The molecule has 0 N–H and O–H groups in total. The largest absolute Gasteiger partial charge is 0.432 e. The Hall–Kier alpha value is -3.57. The van der Waals surface area contributed by atoms with Crippen LogP contribution in [0.15, 0.2) is 36.4 Å². The number of halogens is 9. The standard InChI is InChI=1S/C25H18F9O3/c1-2-3-4-5-12-6-7-14(15(26)8-12)20-19(35)11-16(27)21(22(20)30)25(33,34)37-13-9-17(28)23(18(29)10-13)36-24(31)32/h6-11,24H,2-5H2,1H3. The van der Waals surface area contributed by atoms with Crippen LogP contribution in [0.4, 0.5) is 39.5 Å². The van der Waals surface area contributed by atoms with E-state index in [0.29, 0.717) is 12.0 Å². The number of ether oxygens (including phenoxy) is 2. The predicted octanol–water partition coefficient (Wildman–Crippen LogP) is 8.66. The quantitative estimate of drug-likeness (QED) is 0.192. The SMILES string of the molecule is CCCCCc1ccc(-c2c([O])cc(F)c(C(F)(F)Oc3cc(F)c(OC(F)F)c(F)c3)c2F)c(F)c1. The molecule has 0 aliphatic heterocycles. The molecular weight excluding hydrogens is 519 g/mol. The van der Waals surface area contributed by atoms with E-state index in [9.17, 15) is 40.2 Å². The van der Waals surface area contributed by atoms with Gasteiger partial charge in [0.25, 0.3) is 0 Å². The number of alkyl halides is 4. The van der Waals surface area contributed by atoms with Crippen LogP contribution in [0.2, 0.25) is 0 Å². The highest BCUT2D eigenvalue weighted by Gasteiger charge is 2.43. The van der Waals surface area contributed by atoms with E-state index in [-0.39, 0.29) is 18.2 Å². The van der Waals surface area contributed by atoms with Crippen LogP contribution < -0.4 is 9.47 Å². The lowest BCUT2D eigenvalue weighted by molar-refractivity contribution is -0.189. The molecule has 37 heavy (non-hydrogen) atoms. The molecule has 0 atom stereocenters. The van der Waals surface area contributed by atoms with Crippen molar-refractivity contribution in [1.82, 2.24) is 0 Å². The highest BCUT2D eigenvalue weighted by atomic mass is 19.3. The third kappa shape index (κ3) is 6.23. The highest BCUT2D eigenvalue weighted by molar-refractivity contribution is 5.72. The summed E-state index contributed by atoms with van der Waals surface area (Å²) < 4.78 is 134. The van der Waals surface area contributed by atoms with Gasteiger partial charge in [-0.2, -0.15) is 17.6 Å². The lowest BCUT2D eigenvalue weighted by Gasteiger charge is -2.21. The van der Waals surface area contributed by atoms with E-state index in [0.717, 1.165) is 31.4 Å². The van der Waals surface area contributed by atoms with Gasteiger partial charge in [0.2, 0.25) is 0 Å². The van der Waals surface area contributed by atoms with E-state index in [2.05, 4.69) is 9.47 Å². The second kappa shape index (κ2) is 11.2. The molecule has 3 rings (SSSR count). The zero-order valence-corrected chi connectivity index (χ0v) is 19.0. The average Bonchev–Trinajstić information content (AvgIpc) is 2.77. The fourth-order valence-corrected chi connectivity index (χ4v) is 3.61. The normalized spacial score (nSPS) is 11.8. The van der Waals surface area contributed by atoms with Crippen LogP contribution in [0.25, 0.3) is 11.1 Å². The van der Waals surface area contributed by atoms with Gasteiger partial charge in [-0.3, -0.25) is 5.11 Å². The third-order valence-corrected chi connectivity index (χ3v) is 5.27. The molecule has 0 aliphatic rings. The third-order valence-electron chi connectivity index (χ3n) is 5.27. The number of hydrogen-bond acceptors (Lipinski definition) is 2. The number of hydrogen-bond donors (Lipinski definition) is 0. The zero-order valence-electron chi connectivity index (χ0n) is 19.0. The van der Waals surface area contributed by atoms with Crippen molar-refractivity contribution < 1.29 is 54.1 Å². The predicted molar refractivity (Wildman–Crippen MR) is 113 cm³/mol. The fraction of sp³-hybridized carbons (Fsp3) is 0.280. The molecular formula is C25H18F9O3. The van der Waals surface area contributed by atoms with Crippen LogP contribution in [-0.2, 0) is 17.6 Å². The molecule has 0 bridgehead atoms. The van der Waals surface area contributed by atoms with Gasteiger partial charge in [0.1, 0.15) is 22.9 Å². The number of aryl methyl sites for hydroxylation is 1. The van der Waals surface area contributed by atoms with Gasteiger partial charge in [-0.25, -0.2) is 22.0 Å². The Morgan fingerprint density at radius 1 is 0.865 bits per heavy atom. The van der Waals surface area contributed by atoms with Crippen molar-refractivity contribution >= 4 is 0 Å². The van der Waals surface area contributed by atoms with Gasteiger partial charge in [0.15, 0.2) is 29.0 Å². The molecule has 3 aromatic carbocycles. The Labute approximate surface area is 205 Å². The molecule has 0 amide bonds. The maximum atomic E-state index is 15.2. The fourth-order valence-electron chi connectivity index (χ4n) is 3.61. The molecule has 0 aromatic heterocycles. The van der Waals surface area contributed by atoms with Crippen LogP contribution in [-0.4, -0.2) is 6.61 Å². The van der Waals surface area contributed by atoms with Crippen LogP contribution in [0, 0.1) is 29.1 Å². The summed E-state index contributed by atoms with van der Waals surface area (Å²) in [6.07, 6.45) is -2.05. The summed E-state index contributed by atoms with van der Waals surface area (Å²) in [4.78, 5) is 0. The molecule has 0 aliphatic carbocycles. The average molecular weight is 537 g/mol. The van der Waals surface area contributed by atoms with E-state index in [1.54, 1.807) is 0 Å². The first-order valence-electron chi connectivity index (χ1n) is 10.8. The van der Waals surface area contributed by atoms with Crippen molar-refractivity contribution in [3.8, 4) is 28.4 Å². The highest BCUT2D eigenvalue weighted by Crippen LogP contribution is 2.43. The van der Waals surface area contributed by atoms with Crippen LogP contribution in [0.1, 0.15) is 37.3 Å². The molecule has 0 spiro atoms. The summed E-state index contributed by atoms with van der Waals surface area (Å²) in [5.41, 5.74) is -3.57. The van der Waals surface area contributed by atoms with Gasteiger partial charge in [-0.05, 0) is 24.5 Å². The monoisotopic (exact) mass is 537 g/mol. The van der Waals surface area contributed by atoms with Crippen molar-refractivity contribution in [3.63, 3.8) is 0 Å². The van der Waals surface area contributed by atoms with Crippen molar-refractivity contribution in [3.05, 3.63) is 76.6 Å². The molecule has 0 saturated heterocycles. The van der Waals surface area contributed by atoms with Crippen molar-refractivity contribution in [1.29, 1.82) is 0 Å². The van der Waals surface area contributed by atoms with E-state index in [1.165, 1.54) is 6.07 Å². The summed E-state index contributed by atoms with van der Waals surface area (Å²) >= 11 is 0. The number of rotatable bonds is 10. The Morgan fingerprint density at radius 2 is 1.51 bits per heavy atom. The van der Waals surface area contributed by atoms with E-state index in [1.807, 2.05) is 6.92 Å². The summed E-state index contributed by atoms with van der Waals surface area (Å²) in [7, 11) is 0. The second-order valence-corrected chi connectivity index (χ2v) is 7.91. The summed E-state index contributed by atoms with van der Waals surface area (Å²) in [5, 5.41) is 12.3. The summed E-state index contributed by atoms with van der Waals surface area (Å²) in [6, 6.07) is 3.37. The van der Waals surface area contributed by atoms with Gasteiger partial charge in [-0.15, -0.1) is 0 Å². The van der Waals surface area contributed by atoms with Crippen LogP contribution in [0.5, 0.6) is 17.2 Å². The minimum atomic E-state index is -4.99. The topological polar surface area (TPSA) is 38.4 Å². The Kier molecular flexibility index (Phi) is 8.49. The number of unbranched alkanes of at least 4 members (excludes halogenated alkanes) is 2. The van der Waals surface area contributed by atoms with Crippen LogP contribution >= 0.6 is 0 Å². The molecule has 0 saturated carbocycles. The minimum Gasteiger partial charge on any atom is -0.429 e. The second-order valence-electron chi connectivity index (χ2n) is 7.91. The van der Waals surface area contributed by atoms with E-state index >= 15 is 4.39 Å². The molecule has 3 aromatic rings. The molecule has 199 valence electrons. The minimum absolute atomic E-state index is 0.0135. The lowest BCUT2D eigenvalue weighted by Crippen LogP contribution is -2.26. The Bertz CT molecular complexity index is 1260. The molecule has 1 radical (unpaired) electrons. The zero-order chi connectivity index (χ0) is 27.5. The molecule has 12 heteroatoms. The van der Waals surface area contributed by atoms with Gasteiger partial charge in [0, 0.05) is 23.8 Å².